The SMILES string of the molecule is CC(=NNC(=O)Cc1ccc(Cl)cc1)c1ccc(O)cc1. The molecule has 0 aromatic heterocycles. The molecule has 108 valence electrons. The number of aromatic hydroxyl groups is 1. The Bertz CT molecular complexity index is 649. The van der Waals surface area contributed by atoms with E-state index >= 15 is 0 Å². The highest BCUT2D eigenvalue weighted by Gasteiger charge is 2.03. The third-order valence-electron chi connectivity index (χ3n) is 2.91. The van der Waals surface area contributed by atoms with E-state index in [9.17, 15) is 9.90 Å². The maximum Gasteiger partial charge on any atom is 0.244 e. The van der Waals surface area contributed by atoms with Gasteiger partial charge in [0.15, 0.2) is 0 Å². The van der Waals surface area contributed by atoms with Gasteiger partial charge in [-0.25, -0.2) is 5.43 Å². The highest BCUT2D eigenvalue weighted by Crippen LogP contribution is 2.11. The number of halogens is 1. The molecule has 4 nitrogen and oxygen atoms in total. The minimum absolute atomic E-state index is 0.193. The fraction of sp³-hybridized carbons (Fsp3) is 0.125. The van der Waals surface area contributed by atoms with Crippen LogP contribution >= 0.6 is 11.6 Å². The molecule has 2 aromatic carbocycles. The van der Waals surface area contributed by atoms with Crippen LogP contribution in [0.25, 0.3) is 0 Å². The van der Waals surface area contributed by atoms with Crippen LogP contribution in [-0.2, 0) is 11.2 Å². The number of hydrazone groups is 1. The maximum absolute atomic E-state index is 11.8. The van der Waals surface area contributed by atoms with Gasteiger partial charge in [-0.3, -0.25) is 4.79 Å². The molecule has 1 amide bonds. The number of phenols is 1. The normalized spacial score (nSPS) is 11.2. The van der Waals surface area contributed by atoms with Crippen LogP contribution in [-0.4, -0.2) is 16.7 Å². The van der Waals surface area contributed by atoms with Gasteiger partial charge in [0.25, 0.3) is 0 Å². The number of carbonyl (C=O) groups excluding carboxylic acids is 1. The number of rotatable bonds is 4. The Morgan fingerprint density at radius 2 is 1.76 bits per heavy atom. The highest BCUT2D eigenvalue weighted by molar-refractivity contribution is 6.30. The summed E-state index contributed by atoms with van der Waals surface area (Å²) in [6, 6.07) is 13.7. The molecule has 5 heteroatoms. The zero-order valence-corrected chi connectivity index (χ0v) is 12.3. The van der Waals surface area contributed by atoms with Gasteiger partial charge in [0, 0.05) is 5.02 Å². The molecule has 21 heavy (non-hydrogen) atoms. The fourth-order valence-electron chi connectivity index (χ4n) is 1.74. The Kier molecular flexibility index (Phi) is 4.95. The van der Waals surface area contributed by atoms with E-state index in [2.05, 4.69) is 10.5 Å². The van der Waals surface area contributed by atoms with Crippen molar-refractivity contribution in [2.24, 2.45) is 5.10 Å². The van der Waals surface area contributed by atoms with Crippen LogP contribution in [0.4, 0.5) is 0 Å². The van der Waals surface area contributed by atoms with Crippen LogP contribution in [0.2, 0.25) is 5.02 Å². The molecule has 0 unspecified atom stereocenters. The van der Waals surface area contributed by atoms with E-state index in [1.807, 2.05) is 0 Å². The number of nitrogens with one attached hydrogen (secondary N) is 1. The molecule has 0 aliphatic carbocycles. The van der Waals surface area contributed by atoms with Gasteiger partial charge in [0.2, 0.25) is 5.91 Å². The molecular formula is C16H15ClN2O2. The number of amides is 1. The average Bonchev–Trinajstić information content (AvgIpc) is 2.48. The predicted molar refractivity (Wildman–Crippen MR) is 83.6 cm³/mol. The summed E-state index contributed by atoms with van der Waals surface area (Å²) in [6.45, 7) is 1.79. The van der Waals surface area contributed by atoms with Crippen molar-refractivity contribution in [3.8, 4) is 5.75 Å². The van der Waals surface area contributed by atoms with Gasteiger partial charge in [-0.1, -0.05) is 23.7 Å². The van der Waals surface area contributed by atoms with E-state index in [0.717, 1.165) is 11.1 Å². The molecule has 0 bridgehead atoms. The van der Waals surface area contributed by atoms with Crippen molar-refractivity contribution in [1.29, 1.82) is 0 Å². The fourth-order valence-corrected chi connectivity index (χ4v) is 1.87. The molecule has 2 rings (SSSR count). The summed E-state index contributed by atoms with van der Waals surface area (Å²) in [5, 5.41) is 13.9. The van der Waals surface area contributed by atoms with E-state index < -0.39 is 0 Å². The molecule has 2 aromatic rings. The summed E-state index contributed by atoms with van der Waals surface area (Å²) in [5.41, 5.74) is 4.88. The molecular weight excluding hydrogens is 288 g/mol. The number of phenolic OH excluding ortho intramolecular Hbond substituents is 1. The van der Waals surface area contributed by atoms with Crippen molar-refractivity contribution >= 4 is 23.2 Å². The Morgan fingerprint density at radius 3 is 2.38 bits per heavy atom. The quantitative estimate of drug-likeness (QED) is 0.673. The van der Waals surface area contributed by atoms with E-state index in [1.54, 1.807) is 55.5 Å². The first kappa shape index (κ1) is 15.1. The van der Waals surface area contributed by atoms with Gasteiger partial charge in [-0.05, 0) is 54.4 Å². The molecule has 0 heterocycles. The number of hydrogen-bond donors (Lipinski definition) is 2. The van der Waals surface area contributed by atoms with Crippen molar-refractivity contribution in [3.63, 3.8) is 0 Å². The maximum atomic E-state index is 11.8. The highest BCUT2D eigenvalue weighted by atomic mass is 35.5. The lowest BCUT2D eigenvalue weighted by molar-refractivity contribution is -0.120. The second-order valence-corrected chi connectivity index (χ2v) is 5.02. The third kappa shape index (κ3) is 4.61. The summed E-state index contributed by atoms with van der Waals surface area (Å²) in [7, 11) is 0. The van der Waals surface area contributed by atoms with Gasteiger partial charge in [-0.15, -0.1) is 0 Å². The molecule has 2 N–H and O–H groups in total. The Morgan fingerprint density at radius 1 is 1.14 bits per heavy atom. The molecule has 0 fully saturated rings. The molecule has 0 atom stereocenters. The van der Waals surface area contributed by atoms with E-state index in [0.29, 0.717) is 10.7 Å². The molecule has 0 saturated heterocycles. The largest absolute Gasteiger partial charge is 0.508 e. The molecule has 0 saturated carbocycles. The summed E-state index contributed by atoms with van der Waals surface area (Å²) in [4.78, 5) is 11.8. The summed E-state index contributed by atoms with van der Waals surface area (Å²) in [5.74, 6) is -0.00576. The zero-order valence-electron chi connectivity index (χ0n) is 11.5. The second kappa shape index (κ2) is 6.90. The van der Waals surface area contributed by atoms with Crippen LogP contribution in [0.1, 0.15) is 18.1 Å². The first-order valence-electron chi connectivity index (χ1n) is 6.41. The summed E-state index contributed by atoms with van der Waals surface area (Å²) >= 11 is 5.79. The van der Waals surface area contributed by atoms with Crippen molar-refractivity contribution in [2.75, 3.05) is 0 Å². The van der Waals surface area contributed by atoms with Crippen LogP contribution in [0.15, 0.2) is 53.6 Å². The van der Waals surface area contributed by atoms with Gasteiger partial charge in [0.1, 0.15) is 5.75 Å². The standard InChI is InChI=1S/C16H15ClN2O2/c1-11(13-4-8-15(20)9-5-13)18-19-16(21)10-12-2-6-14(17)7-3-12/h2-9,20H,10H2,1H3,(H,19,21). The molecule has 0 aliphatic heterocycles. The first-order chi connectivity index (χ1) is 10.0. The van der Waals surface area contributed by atoms with Crippen LogP contribution in [0.3, 0.4) is 0 Å². The molecule has 0 aliphatic rings. The van der Waals surface area contributed by atoms with Gasteiger partial charge >= 0.3 is 0 Å². The van der Waals surface area contributed by atoms with Gasteiger partial charge in [0.05, 0.1) is 12.1 Å². The average molecular weight is 303 g/mol. The van der Waals surface area contributed by atoms with Gasteiger partial charge < -0.3 is 5.11 Å². The summed E-state index contributed by atoms with van der Waals surface area (Å²) in [6.07, 6.45) is 0.240. The third-order valence-corrected chi connectivity index (χ3v) is 3.16. The monoisotopic (exact) mass is 302 g/mol. The van der Waals surface area contributed by atoms with Crippen LogP contribution in [0.5, 0.6) is 5.75 Å². The number of carbonyl (C=O) groups is 1. The topological polar surface area (TPSA) is 61.7 Å². The van der Waals surface area contributed by atoms with Crippen molar-refractivity contribution in [2.45, 2.75) is 13.3 Å². The molecule has 0 spiro atoms. The lowest BCUT2D eigenvalue weighted by Gasteiger charge is -2.04. The number of nitrogens with zero attached hydrogens (tertiary/aromatic N) is 1. The minimum atomic E-state index is -0.199. The summed E-state index contributed by atoms with van der Waals surface area (Å²) < 4.78 is 0. The van der Waals surface area contributed by atoms with Crippen molar-refractivity contribution < 1.29 is 9.90 Å². The second-order valence-electron chi connectivity index (χ2n) is 4.58. The van der Waals surface area contributed by atoms with E-state index in [1.165, 1.54) is 0 Å². The zero-order chi connectivity index (χ0) is 15.2. The van der Waals surface area contributed by atoms with E-state index in [-0.39, 0.29) is 18.1 Å². The van der Waals surface area contributed by atoms with Crippen molar-refractivity contribution in [1.82, 2.24) is 5.43 Å². The smallest absolute Gasteiger partial charge is 0.244 e. The minimum Gasteiger partial charge on any atom is -0.508 e. The Labute approximate surface area is 128 Å². The van der Waals surface area contributed by atoms with Crippen molar-refractivity contribution in [3.05, 3.63) is 64.7 Å². The Balaban J connectivity index is 1.94. The molecule has 0 radical (unpaired) electrons. The lowest BCUT2D eigenvalue weighted by atomic mass is 10.1. The lowest BCUT2D eigenvalue weighted by Crippen LogP contribution is -2.21. The van der Waals surface area contributed by atoms with Gasteiger partial charge in [-0.2, -0.15) is 5.10 Å². The Hall–Kier alpha value is -2.33. The van der Waals surface area contributed by atoms with E-state index in [4.69, 9.17) is 11.6 Å². The number of benzene rings is 2. The van der Waals surface area contributed by atoms with Crippen LogP contribution < -0.4 is 5.43 Å². The first-order valence-corrected chi connectivity index (χ1v) is 6.79. The van der Waals surface area contributed by atoms with Crippen LogP contribution in [0, 0.1) is 0 Å². The predicted octanol–water partition coefficient (Wildman–Crippen LogP) is 3.13. The number of hydrogen-bond acceptors (Lipinski definition) is 3.